The summed E-state index contributed by atoms with van der Waals surface area (Å²) in [5, 5.41) is 9.01. The number of carbonyl (C=O) groups excluding carboxylic acids is 1. The van der Waals surface area contributed by atoms with Gasteiger partial charge in [-0.25, -0.2) is 9.78 Å². The highest BCUT2D eigenvalue weighted by Crippen LogP contribution is 2.31. The molecule has 3 rings (SSSR count). The summed E-state index contributed by atoms with van der Waals surface area (Å²) in [6, 6.07) is 3.14. The minimum absolute atomic E-state index is 0.0221. The number of pyridine rings is 1. The highest BCUT2D eigenvalue weighted by atomic mass is 16.4. The fourth-order valence-corrected chi connectivity index (χ4v) is 2.85. The largest absolute Gasteiger partial charge is 0.465 e. The van der Waals surface area contributed by atoms with Crippen molar-refractivity contribution in [3.63, 3.8) is 0 Å². The molecule has 0 aliphatic carbocycles. The number of fused-ring (bicyclic) bond motifs is 2. The first-order valence-corrected chi connectivity index (χ1v) is 6.08. The molecule has 2 bridgehead atoms. The standard InChI is InChI=1S/C12H14N4O3/c13-10-2-1-7(4-14-10)11(17)15-5-9-3-8(15)6-16(9)12(18)19/h1-2,4,8-9H,3,5-6H2,(H2,13,14)(H,18,19)/t8-,9-/m0/s1. The van der Waals surface area contributed by atoms with Crippen LogP contribution < -0.4 is 5.73 Å². The number of hydrogen-bond donors (Lipinski definition) is 2. The molecule has 3 N–H and O–H groups in total. The molecule has 2 amide bonds. The van der Waals surface area contributed by atoms with Gasteiger partial charge in [-0.1, -0.05) is 0 Å². The number of carboxylic acid groups (broad SMARTS) is 1. The molecule has 1 aromatic heterocycles. The van der Waals surface area contributed by atoms with E-state index >= 15 is 0 Å². The first-order chi connectivity index (χ1) is 9.06. The SMILES string of the molecule is Nc1ccc(C(=O)N2C[C@@H]3C[C@H]2CN3C(=O)O)cn1. The Morgan fingerprint density at radius 3 is 2.47 bits per heavy atom. The number of amides is 2. The van der Waals surface area contributed by atoms with E-state index in [9.17, 15) is 9.59 Å². The third-order valence-electron chi connectivity index (χ3n) is 3.78. The Bertz CT molecular complexity index is 530. The first kappa shape index (κ1) is 11.8. The minimum atomic E-state index is -0.909. The Morgan fingerprint density at radius 2 is 1.95 bits per heavy atom. The zero-order chi connectivity index (χ0) is 13.6. The average molecular weight is 262 g/mol. The van der Waals surface area contributed by atoms with Crippen molar-refractivity contribution in [2.75, 3.05) is 18.8 Å². The van der Waals surface area contributed by atoms with E-state index in [0.717, 1.165) is 6.42 Å². The smallest absolute Gasteiger partial charge is 0.407 e. The molecule has 0 spiro atoms. The van der Waals surface area contributed by atoms with E-state index < -0.39 is 6.09 Å². The highest BCUT2D eigenvalue weighted by molar-refractivity contribution is 5.94. The maximum atomic E-state index is 12.3. The number of anilines is 1. The van der Waals surface area contributed by atoms with Gasteiger partial charge in [-0.05, 0) is 18.6 Å². The molecule has 100 valence electrons. The van der Waals surface area contributed by atoms with E-state index in [4.69, 9.17) is 10.8 Å². The second-order valence-electron chi connectivity index (χ2n) is 4.91. The third kappa shape index (κ3) is 1.87. The lowest BCUT2D eigenvalue weighted by Crippen LogP contribution is -2.50. The van der Waals surface area contributed by atoms with E-state index in [1.54, 1.807) is 17.0 Å². The molecule has 2 fully saturated rings. The number of nitrogen functional groups attached to an aromatic ring is 1. The van der Waals surface area contributed by atoms with Crippen molar-refractivity contribution in [3.05, 3.63) is 23.9 Å². The molecule has 7 nitrogen and oxygen atoms in total. The van der Waals surface area contributed by atoms with Gasteiger partial charge in [0.15, 0.2) is 0 Å². The van der Waals surface area contributed by atoms with Crippen LogP contribution in [0.1, 0.15) is 16.8 Å². The number of aromatic nitrogens is 1. The molecule has 7 heteroatoms. The van der Waals surface area contributed by atoms with Gasteiger partial charge < -0.3 is 20.6 Å². The fraction of sp³-hybridized carbons (Fsp3) is 0.417. The third-order valence-corrected chi connectivity index (χ3v) is 3.78. The molecule has 3 heterocycles. The molecule has 2 atom stereocenters. The summed E-state index contributed by atoms with van der Waals surface area (Å²) in [6.45, 7) is 0.855. The molecular formula is C12H14N4O3. The Hall–Kier alpha value is -2.31. The van der Waals surface area contributed by atoms with Crippen molar-refractivity contribution in [2.24, 2.45) is 0 Å². The molecule has 0 saturated carbocycles. The summed E-state index contributed by atoms with van der Waals surface area (Å²) in [5.74, 6) is 0.265. The summed E-state index contributed by atoms with van der Waals surface area (Å²) in [4.78, 5) is 30.3. The van der Waals surface area contributed by atoms with E-state index in [1.165, 1.54) is 11.1 Å². The number of carbonyl (C=O) groups is 2. The number of nitrogens with zero attached hydrogens (tertiary/aromatic N) is 3. The van der Waals surface area contributed by atoms with Gasteiger partial charge >= 0.3 is 6.09 Å². The second-order valence-corrected chi connectivity index (χ2v) is 4.91. The lowest BCUT2D eigenvalue weighted by atomic mass is 10.2. The van der Waals surface area contributed by atoms with Crippen LogP contribution in [0.2, 0.25) is 0 Å². The monoisotopic (exact) mass is 262 g/mol. The molecule has 0 radical (unpaired) electrons. The van der Waals surface area contributed by atoms with Crippen LogP contribution in [0.25, 0.3) is 0 Å². The van der Waals surface area contributed by atoms with Crippen LogP contribution in [0.3, 0.4) is 0 Å². The van der Waals surface area contributed by atoms with Crippen molar-refractivity contribution in [2.45, 2.75) is 18.5 Å². The minimum Gasteiger partial charge on any atom is -0.465 e. The summed E-state index contributed by atoms with van der Waals surface area (Å²) in [5.41, 5.74) is 5.97. The molecule has 2 aliphatic heterocycles. The summed E-state index contributed by atoms with van der Waals surface area (Å²) >= 11 is 0. The van der Waals surface area contributed by atoms with Gasteiger partial charge in [0.1, 0.15) is 5.82 Å². The van der Waals surface area contributed by atoms with Crippen molar-refractivity contribution < 1.29 is 14.7 Å². The van der Waals surface area contributed by atoms with Gasteiger partial charge in [0, 0.05) is 19.3 Å². The molecule has 19 heavy (non-hydrogen) atoms. The van der Waals surface area contributed by atoms with E-state index in [0.29, 0.717) is 24.5 Å². The second kappa shape index (κ2) is 4.11. The predicted molar refractivity (Wildman–Crippen MR) is 66.6 cm³/mol. The number of piperazine rings is 1. The van der Waals surface area contributed by atoms with Crippen molar-refractivity contribution in [3.8, 4) is 0 Å². The molecule has 2 saturated heterocycles. The van der Waals surface area contributed by atoms with Crippen LogP contribution in [0.5, 0.6) is 0 Å². The summed E-state index contributed by atoms with van der Waals surface area (Å²) in [6.07, 6.45) is 1.27. The normalized spacial score (nSPS) is 24.8. The van der Waals surface area contributed by atoms with Gasteiger partial charge in [0.25, 0.3) is 5.91 Å². The topological polar surface area (TPSA) is 99.8 Å². The van der Waals surface area contributed by atoms with Crippen molar-refractivity contribution in [1.82, 2.24) is 14.8 Å². The molecule has 0 aromatic carbocycles. The Labute approximate surface area is 109 Å². The van der Waals surface area contributed by atoms with Crippen LogP contribution in [0.4, 0.5) is 10.6 Å². The Morgan fingerprint density at radius 1 is 1.26 bits per heavy atom. The Kier molecular flexibility index (Phi) is 2.55. The van der Waals surface area contributed by atoms with Crippen LogP contribution in [-0.2, 0) is 0 Å². The maximum Gasteiger partial charge on any atom is 0.407 e. The van der Waals surface area contributed by atoms with Crippen LogP contribution in [0.15, 0.2) is 18.3 Å². The quantitative estimate of drug-likeness (QED) is 0.755. The van der Waals surface area contributed by atoms with Crippen LogP contribution in [0, 0.1) is 0 Å². The number of likely N-dealkylation sites (tertiary alicyclic amines) is 2. The molecular weight excluding hydrogens is 248 g/mol. The zero-order valence-electron chi connectivity index (χ0n) is 10.2. The number of nitrogens with two attached hydrogens (primary N) is 1. The van der Waals surface area contributed by atoms with E-state index in [2.05, 4.69) is 4.98 Å². The fourth-order valence-electron chi connectivity index (χ4n) is 2.85. The molecule has 2 aliphatic rings. The van der Waals surface area contributed by atoms with Gasteiger partial charge in [-0.3, -0.25) is 4.79 Å². The van der Waals surface area contributed by atoms with Crippen LogP contribution >= 0.6 is 0 Å². The lowest BCUT2D eigenvalue weighted by molar-refractivity contribution is 0.0613. The van der Waals surface area contributed by atoms with E-state index in [-0.39, 0.29) is 18.0 Å². The molecule has 1 aromatic rings. The predicted octanol–water partition coefficient (Wildman–Crippen LogP) is 0.240. The summed E-state index contributed by atoms with van der Waals surface area (Å²) in [7, 11) is 0. The Balaban J connectivity index is 1.74. The van der Waals surface area contributed by atoms with Crippen molar-refractivity contribution >= 4 is 17.8 Å². The van der Waals surface area contributed by atoms with Gasteiger partial charge in [0.05, 0.1) is 17.6 Å². The maximum absolute atomic E-state index is 12.3. The first-order valence-electron chi connectivity index (χ1n) is 6.08. The lowest BCUT2D eigenvalue weighted by Gasteiger charge is -2.32. The van der Waals surface area contributed by atoms with Crippen molar-refractivity contribution in [1.29, 1.82) is 0 Å². The van der Waals surface area contributed by atoms with Crippen LogP contribution in [-0.4, -0.2) is 57.1 Å². The van der Waals surface area contributed by atoms with E-state index in [1.807, 2.05) is 0 Å². The van der Waals surface area contributed by atoms with Gasteiger partial charge in [0.2, 0.25) is 0 Å². The molecule has 0 unspecified atom stereocenters. The number of rotatable bonds is 1. The average Bonchev–Trinajstić information content (AvgIpc) is 2.98. The van der Waals surface area contributed by atoms with Gasteiger partial charge in [-0.2, -0.15) is 0 Å². The number of hydrogen-bond acceptors (Lipinski definition) is 4. The van der Waals surface area contributed by atoms with Gasteiger partial charge in [-0.15, -0.1) is 0 Å². The summed E-state index contributed by atoms with van der Waals surface area (Å²) < 4.78 is 0. The highest BCUT2D eigenvalue weighted by Gasteiger charge is 2.47. The zero-order valence-corrected chi connectivity index (χ0v) is 10.2.